The number of amides is 1. The van der Waals surface area contributed by atoms with Gasteiger partial charge in [-0.15, -0.1) is 0 Å². The highest BCUT2D eigenvalue weighted by atomic mass is 19.4. The van der Waals surface area contributed by atoms with Crippen LogP contribution in [-0.4, -0.2) is 28.4 Å². The van der Waals surface area contributed by atoms with Gasteiger partial charge >= 0.3 is 12.1 Å². The highest BCUT2D eigenvalue weighted by Crippen LogP contribution is 2.37. The number of benzene rings is 2. The number of hydrogen-bond donors (Lipinski definition) is 1. The molecule has 164 valence electrons. The lowest BCUT2D eigenvalue weighted by atomic mass is 10.1. The molecule has 1 N–H and O–H groups in total. The number of rotatable bonds is 6. The lowest BCUT2D eigenvalue weighted by Gasteiger charge is -2.13. The molecule has 32 heavy (non-hydrogen) atoms. The topological polar surface area (TPSA) is 111 Å². The van der Waals surface area contributed by atoms with Crippen molar-refractivity contribution in [2.75, 3.05) is 11.9 Å². The van der Waals surface area contributed by atoms with Crippen molar-refractivity contribution in [1.29, 1.82) is 0 Å². The average molecular weight is 445 g/mol. The highest BCUT2D eigenvalue weighted by Gasteiger charge is 2.35. The number of ether oxygens (including phenoxy) is 1. The van der Waals surface area contributed by atoms with Crippen molar-refractivity contribution in [3.8, 4) is 0 Å². The number of non-ortho nitro benzene ring substituents is 1. The molecule has 1 amide bonds. The van der Waals surface area contributed by atoms with Crippen molar-refractivity contribution in [1.82, 2.24) is 4.98 Å². The summed E-state index contributed by atoms with van der Waals surface area (Å²) >= 11 is 0. The molecule has 3 aromatic rings. The van der Waals surface area contributed by atoms with Crippen molar-refractivity contribution in [2.24, 2.45) is 0 Å². The Morgan fingerprint density at radius 1 is 1.16 bits per heavy atom. The first-order valence-electron chi connectivity index (χ1n) is 8.99. The van der Waals surface area contributed by atoms with Crippen LogP contribution >= 0.6 is 0 Å². The number of alkyl halides is 3. The van der Waals surface area contributed by atoms with Crippen LogP contribution < -0.4 is 5.32 Å². The Labute approximate surface area is 178 Å². The molecule has 8 nitrogen and oxygen atoms in total. The molecule has 0 aliphatic heterocycles. The molecule has 0 aliphatic rings. The van der Waals surface area contributed by atoms with Gasteiger partial charge in [-0.25, -0.2) is 4.79 Å². The second-order valence-electron chi connectivity index (χ2n) is 6.40. The molecule has 11 heteroatoms. The van der Waals surface area contributed by atoms with Crippen LogP contribution in [0.15, 0.2) is 60.8 Å². The maximum Gasteiger partial charge on any atom is 0.418 e. The molecular weight excluding hydrogens is 431 g/mol. The zero-order valence-electron chi connectivity index (χ0n) is 16.1. The van der Waals surface area contributed by atoms with Crippen LogP contribution in [0.25, 0.3) is 17.0 Å². The predicted octanol–water partition coefficient (Wildman–Crippen LogP) is 4.36. The van der Waals surface area contributed by atoms with Crippen LogP contribution in [0.2, 0.25) is 0 Å². The van der Waals surface area contributed by atoms with E-state index in [0.29, 0.717) is 17.1 Å². The number of halogens is 3. The second kappa shape index (κ2) is 9.25. The molecule has 0 atom stereocenters. The smallest absolute Gasteiger partial charge is 0.418 e. The van der Waals surface area contributed by atoms with E-state index in [1.165, 1.54) is 6.08 Å². The zero-order chi connectivity index (χ0) is 23.3. The maximum atomic E-state index is 13.2. The SMILES string of the molecule is O=C(COC(=O)C=Cc1cccc2cccnc12)Nc1ccc([N+](=O)[O-])cc1C(F)(F)F. The number of nitro groups is 1. The third-order valence-electron chi connectivity index (χ3n) is 4.20. The predicted molar refractivity (Wildman–Crippen MR) is 108 cm³/mol. The van der Waals surface area contributed by atoms with Gasteiger partial charge in [0.05, 0.1) is 21.7 Å². The third kappa shape index (κ3) is 5.45. The lowest BCUT2D eigenvalue weighted by Crippen LogP contribution is -2.22. The minimum absolute atomic E-state index is 0.308. The van der Waals surface area contributed by atoms with E-state index in [2.05, 4.69) is 4.98 Å². The van der Waals surface area contributed by atoms with Crippen molar-refractivity contribution in [3.05, 3.63) is 82.0 Å². The molecule has 0 spiro atoms. The standard InChI is InChI=1S/C21H14F3N3O5/c22-21(23,24)16-11-15(27(30)31)7-8-17(16)26-18(28)12-32-19(29)9-6-14-4-1-3-13-5-2-10-25-20(13)14/h1-11H,12H2,(H,26,28). The second-order valence-corrected chi connectivity index (χ2v) is 6.40. The quantitative estimate of drug-likeness (QED) is 0.261. The van der Waals surface area contributed by atoms with E-state index in [-0.39, 0.29) is 0 Å². The summed E-state index contributed by atoms with van der Waals surface area (Å²) in [5.41, 5.74) is -1.59. The first-order valence-corrected chi connectivity index (χ1v) is 8.99. The number of carbonyl (C=O) groups is 2. The Balaban J connectivity index is 1.64. The number of aromatic nitrogens is 1. The lowest BCUT2D eigenvalue weighted by molar-refractivity contribution is -0.385. The molecule has 0 aliphatic carbocycles. The van der Waals surface area contributed by atoms with Crippen LogP contribution in [0.5, 0.6) is 0 Å². The normalized spacial score (nSPS) is 11.5. The molecule has 0 fully saturated rings. The molecular formula is C21H14F3N3O5. The van der Waals surface area contributed by atoms with E-state index >= 15 is 0 Å². The number of nitrogens with one attached hydrogen (secondary N) is 1. The summed E-state index contributed by atoms with van der Waals surface area (Å²) < 4.78 is 44.2. The largest absolute Gasteiger partial charge is 0.452 e. The van der Waals surface area contributed by atoms with Crippen molar-refractivity contribution >= 4 is 40.2 Å². The van der Waals surface area contributed by atoms with Gasteiger partial charge in [0.2, 0.25) is 0 Å². The monoisotopic (exact) mass is 445 g/mol. The number of nitrogens with zero attached hydrogens (tertiary/aromatic N) is 2. The van der Waals surface area contributed by atoms with Gasteiger partial charge in [0, 0.05) is 35.4 Å². The van der Waals surface area contributed by atoms with Gasteiger partial charge < -0.3 is 10.1 Å². The van der Waals surface area contributed by atoms with Crippen molar-refractivity contribution in [3.63, 3.8) is 0 Å². The van der Waals surface area contributed by atoms with E-state index in [4.69, 9.17) is 4.74 Å². The van der Waals surface area contributed by atoms with Crippen molar-refractivity contribution in [2.45, 2.75) is 6.18 Å². The summed E-state index contributed by atoms with van der Waals surface area (Å²) in [5.74, 6) is -1.94. The summed E-state index contributed by atoms with van der Waals surface area (Å²) in [5, 5.41) is 13.5. The van der Waals surface area contributed by atoms with Crippen LogP contribution in [-0.2, 0) is 20.5 Å². The fourth-order valence-corrected chi connectivity index (χ4v) is 2.78. The van der Waals surface area contributed by atoms with Crippen LogP contribution in [0.1, 0.15) is 11.1 Å². The van der Waals surface area contributed by atoms with E-state index in [1.807, 2.05) is 17.4 Å². The van der Waals surface area contributed by atoms with Crippen LogP contribution in [0.3, 0.4) is 0 Å². The molecule has 1 heterocycles. The van der Waals surface area contributed by atoms with E-state index in [1.54, 1.807) is 24.4 Å². The molecule has 3 rings (SSSR count). The zero-order valence-corrected chi connectivity index (χ0v) is 16.1. The number of nitro benzene ring substituents is 1. The van der Waals surface area contributed by atoms with Crippen molar-refractivity contribution < 1.29 is 32.4 Å². The molecule has 1 aromatic heterocycles. The molecule has 0 bridgehead atoms. The fourth-order valence-electron chi connectivity index (χ4n) is 2.78. The maximum absolute atomic E-state index is 13.2. The van der Waals surface area contributed by atoms with Gasteiger partial charge in [-0.1, -0.05) is 24.3 Å². The molecule has 0 unspecified atom stereocenters. The fraction of sp³-hybridized carbons (Fsp3) is 0.0952. The number of para-hydroxylation sites is 1. The van der Waals surface area contributed by atoms with Gasteiger partial charge in [-0.3, -0.25) is 19.9 Å². The Morgan fingerprint density at radius 2 is 1.91 bits per heavy atom. The van der Waals surface area contributed by atoms with Gasteiger partial charge in [-0.05, 0) is 18.2 Å². The number of hydrogen-bond acceptors (Lipinski definition) is 6. The molecule has 0 radical (unpaired) electrons. The summed E-state index contributed by atoms with van der Waals surface area (Å²) in [6.07, 6.45) is -0.853. The van der Waals surface area contributed by atoms with E-state index in [0.717, 1.165) is 23.6 Å². The third-order valence-corrected chi connectivity index (χ3v) is 4.20. The Hall–Kier alpha value is -4.28. The Morgan fingerprint density at radius 3 is 2.62 bits per heavy atom. The molecule has 0 saturated heterocycles. The van der Waals surface area contributed by atoms with Gasteiger partial charge in [0.1, 0.15) is 0 Å². The Bertz CT molecular complexity index is 1220. The number of esters is 1. The number of carbonyl (C=O) groups excluding carboxylic acids is 2. The van der Waals surface area contributed by atoms with Gasteiger partial charge in [-0.2, -0.15) is 13.2 Å². The minimum atomic E-state index is -4.94. The average Bonchev–Trinajstić information content (AvgIpc) is 2.75. The minimum Gasteiger partial charge on any atom is -0.452 e. The summed E-state index contributed by atoms with van der Waals surface area (Å²) in [6.45, 7) is -0.856. The summed E-state index contributed by atoms with van der Waals surface area (Å²) in [4.78, 5) is 37.8. The highest BCUT2D eigenvalue weighted by molar-refractivity contribution is 5.96. The Kier molecular flexibility index (Phi) is 6.47. The molecule has 2 aromatic carbocycles. The van der Waals surface area contributed by atoms with Gasteiger partial charge in [0.25, 0.3) is 11.6 Å². The van der Waals surface area contributed by atoms with E-state index in [9.17, 15) is 32.9 Å². The van der Waals surface area contributed by atoms with E-state index < -0.39 is 46.5 Å². The summed E-state index contributed by atoms with van der Waals surface area (Å²) in [7, 11) is 0. The first-order chi connectivity index (χ1) is 15.1. The number of fused-ring (bicyclic) bond motifs is 1. The number of pyridine rings is 1. The van der Waals surface area contributed by atoms with Crippen LogP contribution in [0, 0.1) is 10.1 Å². The first kappa shape index (κ1) is 22.4. The summed E-state index contributed by atoms with van der Waals surface area (Å²) in [6, 6.07) is 10.8. The van der Waals surface area contributed by atoms with Crippen LogP contribution in [0.4, 0.5) is 24.5 Å². The molecule has 0 saturated carbocycles. The van der Waals surface area contributed by atoms with Gasteiger partial charge in [0.15, 0.2) is 6.61 Å². The number of anilines is 1.